The maximum absolute atomic E-state index is 11.1. The van der Waals surface area contributed by atoms with Gasteiger partial charge in [0.2, 0.25) is 5.91 Å². The number of anilines is 2. The maximum Gasteiger partial charge on any atom is 0.219 e. The van der Waals surface area contributed by atoms with E-state index in [0.29, 0.717) is 0 Å². The fourth-order valence-corrected chi connectivity index (χ4v) is 1.98. The number of rotatable bonds is 7. The second-order valence-electron chi connectivity index (χ2n) is 5.09. The van der Waals surface area contributed by atoms with Crippen LogP contribution in [0.15, 0.2) is 6.33 Å². The molecule has 1 rings (SSSR count). The topological polar surface area (TPSA) is 92.9 Å². The van der Waals surface area contributed by atoms with Crippen LogP contribution in [0.25, 0.3) is 0 Å². The number of aromatic nitrogens is 2. The lowest BCUT2D eigenvalue weighted by Gasteiger charge is -2.27. The van der Waals surface area contributed by atoms with E-state index < -0.39 is 5.54 Å². The second-order valence-corrected chi connectivity index (χ2v) is 5.09. The normalized spacial score (nSPS) is 11.2. The monoisotopic (exact) mass is 265 g/mol. The number of carbonyl (C=O) groups is 1. The lowest BCUT2D eigenvalue weighted by Crippen LogP contribution is -2.36. The average molecular weight is 265 g/mol. The highest BCUT2D eigenvalue weighted by Crippen LogP contribution is 2.24. The summed E-state index contributed by atoms with van der Waals surface area (Å²) in [6, 6.07) is 0. The molecule has 0 aliphatic carbocycles. The van der Waals surface area contributed by atoms with Gasteiger partial charge in [-0.2, -0.15) is 0 Å². The number of nitrogens with zero attached hydrogens (tertiary/aromatic N) is 2. The third kappa shape index (κ3) is 4.39. The molecule has 1 heterocycles. The van der Waals surface area contributed by atoms with E-state index >= 15 is 0 Å². The van der Waals surface area contributed by atoms with Gasteiger partial charge in [0.05, 0.1) is 0 Å². The smallest absolute Gasteiger partial charge is 0.219 e. The van der Waals surface area contributed by atoms with Crippen molar-refractivity contribution in [2.24, 2.45) is 5.73 Å². The Morgan fingerprint density at radius 1 is 1.32 bits per heavy atom. The Kier molecular flexibility index (Phi) is 5.09. The van der Waals surface area contributed by atoms with Crippen LogP contribution < -0.4 is 16.4 Å². The van der Waals surface area contributed by atoms with E-state index in [1.165, 1.54) is 6.33 Å². The van der Waals surface area contributed by atoms with Crippen molar-refractivity contribution in [3.05, 3.63) is 11.9 Å². The van der Waals surface area contributed by atoms with Gasteiger partial charge in [-0.15, -0.1) is 0 Å². The van der Waals surface area contributed by atoms with Crippen LogP contribution in [-0.4, -0.2) is 28.0 Å². The molecular weight excluding hydrogens is 242 g/mol. The van der Waals surface area contributed by atoms with E-state index in [0.717, 1.165) is 30.2 Å². The summed E-state index contributed by atoms with van der Waals surface area (Å²) in [4.78, 5) is 19.6. The molecule has 0 aliphatic heterocycles. The molecule has 6 nitrogen and oxygen atoms in total. The first-order chi connectivity index (χ1) is 8.89. The van der Waals surface area contributed by atoms with Gasteiger partial charge in [-0.25, -0.2) is 9.97 Å². The van der Waals surface area contributed by atoms with Gasteiger partial charge in [0.1, 0.15) is 18.0 Å². The van der Waals surface area contributed by atoms with Gasteiger partial charge in [0.25, 0.3) is 0 Å². The number of carbonyl (C=O) groups excluding carboxylic acids is 1. The highest BCUT2D eigenvalue weighted by molar-refractivity contribution is 5.75. The Bertz CT molecular complexity index is 445. The van der Waals surface area contributed by atoms with Gasteiger partial charge in [-0.05, 0) is 27.2 Å². The molecule has 1 amide bonds. The van der Waals surface area contributed by atoms with Crippen molar-refractivity contribution in [3.8, 4) is 0 Å². The Balaban J connectivity index is 3.00. The molecule has 1 aromatic rings. The van der Waals surface area contributed by atoms with Crippen molar-refractivity contribution in [3.63, 3.8) is 0 Å². The molecule has 19 heavy (non-hydrogen) atoms. The quantitative estimate of drug-likeness (QED) is 0.695. The summed E-state index contributed by atoms with van der Waals surface area (Å²) in [7, 11) is 0. The van der Waals surface area contributed by atoms with E-state index in [1.54, 1.807) is 0 Å². The number of primary amides is 1. The van der Waals surface area contributed by atoms with E-state index in [1.807, 2.05) is 27.7 Å². The number of hydrogen-bond acceptors (Lipinski definition) is 5. The van der Waals surface area contributed by atoms with Gasteiger partial charge >= 0.3 is 0 Å². The summed E-state index contributed by atoms with van der Waals surface area (Å²) in [5, 5.41) is 6.49. The Labute approximate surface area is 114 Å². The molecule has 0 fully saturated rings. The van der Waals surface area contributed by atoms with Crippen molar-refractivity contribution in [1.82, 2.24) is 9.97 Å². The van der Waals surface area contributed by atoms with Crippen LogP contribution in [0.5, 0.6) is 0 Å². The number of nitrogens with one attached hydrogen (secondary N) is 2. The van der Waals surface area contributed by atoms with Gasteiger partial charge in [0.15, 0.2) is 0 Å². The van der Waals surface area contributed by atoms with Crippen molar-refractivity contribution < 1.29 is 4.79 Å². The van der Waals surface area contributed by atoms with Crippen molar-refractivity contribution in [1.29, 1.82) is 0 Å². The molecule has 0 radical (unpaired) electrons. The summed E-state index contributed by atoms with van der Waals surface area (Å²) >= 11 is 0. The van der Waals surface area contributed by atoms with Crippen molar-refractivity contribution in [2.75, 3.05) is 17.2 Å². The van der Waals surface area contributed by atoms with Crippen molar-refractivity contribution >= 4 is 17.5 Å². The van der Waals surface area contributed by atoms with Crippen LogP contribution in [0.1, 0.15) is 39.7 Å². The molecule has 0 unspecified atom stereocenters. The molecular formula is C13H23N5O. The molecule has 0 atom stereocenters. The third-order valence-corrected chi connectivity index (χ3v) is 2.72. The van der Waals surface area contributed by atoms with E-state index in [4.69, 9.17) is 5.73 Å². The van der Waals surface area contributed by atoms with Crippen LogP contribution >= 0.6 is 0 Å². The fraction of sp³-hybridized carbons (Fsp3) is 0.615. The highest BCUT2D eigenvalue weighted by Gasteiger charge is 2.22. The van der Waals surface area contributed by atoms with Gasteiger partial charge < -0.3 is 16.4 Å². The first-order valence-corrected chi connectivity index (χ1v) is 6.53. The van der Waals surface area contributed by atoms with Gasteiger partial charge in [-0.1, -0.05) is 6.92 Å². The van der Waals surface area contributed by atoms with Gasteiger partial charge in [0, 0.05) is 24.1 Å². The van der Waals surface area contributed by atoms with E-state index in [-0.39, 0.29) is 12.3 Å². The number of nitrogens with two attached hydrogens (primary N) is 1. The molecule has 0 saturated heterocycles. The fourth-order valence-electron chi connectivity index (χ4n) is 1.98. The minimum absolute atomic E-state index is 0.247. The lowest BCUT2D eigenvalue weighted by atomic mass is 10.00. The van der Waals surface area contributed by atoms with Crippen molar-refractivity contribution in [2.45, 2.75) is 46.1 Å². The molecule has 6 heteroatoms. The molecule has 0 aliphatic rings. The van der Waals surface area contributed by atoms with Crippen LogP contribution in [0, 0.1) is 0 Å². The largest absolute Gasteiger partial charge is 0.370 e. The molecule has 106 valence electrons. The SMILES string of the molecule is CCNc1ncnc(NC(C)(C)CC(N)=O)c1CC. The predicted octanol–water partition coefficient (Wildman–Crippen LogP) is 1.54. The summed E-state index contributed by atoms with van der Waals surface area (Å²) in [6.45, 7) is 8.71. The van der Waals surface area contributed by atoms with E-state index in [2.05, 4.69) is 20.6 Å². The summed E-state index contributed by atoms with van der Waals surface area (Å²) < 4.78 is 0. The number of amides is 1. The molecule has 1 aromatic heterocycles. The first kappa shape index (κ1) is 15.2. The predicted molar refractivity (Wildman–Crippen MR) is 77.1 cm³/mol. The minimum atomic E-state index is -0.437. The minimum Gasteiger partial charge on any atom is -0.370 e. The average Bonchev–Trinajstić information content (AvgIpc) is 2.27. The number of hydrogen-bond donors (Lipinski definition) is 3. The molecule has 4 N–H and O–H groups in total. The Morgan fingerprint density at radius 2 is 1.95 bits per heavy atom. The zero-order chi connectivity index (χ0) is 14.5. The Morgan fingerprint density at radius 3 is 2.47 bits per heavy atom. The summed E-state index contributed by atoms with van der Waals surface area (Å²) in [5.74, 6) is 1.24. The molecule has 0 aromatic carbocycles. The van der Waals surface area contributed by atoms with Crippen LogP contribution in [0.2, 0.25) is 0 Å². The highest BCUT2D eigenvalue weighted by atomic mass is 16.1. The second kappa shape index (κ2) is 6.36. The molecule has 0 spiro atoms. The first-order valence-electron chi connectivity index (χ1n) is 6.53. The van der Waals surface area contributed by atoms with Crippen LogP contribution in [0.4, 0.5) is 11.6 Å². The zero-order valence-corrected chi connectivity index (χ0v) is 12.1. The standard InChI is InChI=1S/C13H23N5O/c1-5-9-11(15-6-2)16-8-17-12(9)18-13(3,4)7-10(14)19/h8H,5-7H2,1-4H3,(H2,14,19)(H2,15,16,17,18). The maximum atomic E-state index is 11.1. The van der Waals surface area contributed by atoms with E-state index in [9.17, 15) is 4.79 Å². The van der Waals surface area contributed by atoms with Crippen LogP contribution in [0.3, 0.4) is 0 Å². The lowest BCUT2D eigenvalue weighted by molar-refractivity contribution is -0.118. The summed E-state index contributed by atoms with van der Waals surface area (Å²) in [6.07, 6.45) is 2.56. The van der Waals surface area contributed by atoms with Crippen LogP contribution in [-0.2, 0) is 11.2 Å². The third-order valence-electron chi connectivity index (χ3n) is 2.72. The zero-order valence-electron chi connectivity index (χ0n) is 12.1. The Hall–Kier alpha value is -1.85. The summed E-state index contributed by atoms with van der Waals surface area (Å²) in [5.41, 5.74) is 5.84. The van der Waals surface area contributed by atoms with Gasteiger partial charge in [-0.3, -0.25) is 4.79 Å². The molecule has 0 saturated carbocycles. The molecule has 0 bridgehead atoms.